The van der Waals surface area contributed by atoms with Crippen molar-refractivity contribution in [3.8, 4) is 10.4 Å². The number of hydrogen-bond acceptors (Lipinski definition) is 5. The number of thiazole rings is 1. The molecule has 0 atom stereocenters. The number of sulfonamides is 1. The minimum atomic E-state index is -3.49. The zero-order chi connectivity index (χ0) is 21.1. The van der Waals surface area contributed by atoms with Gasteiger partial charge in [-0.15, -0.1) is 11.3 Å². The number of piperidine rings is 1. The molecule has 1 amide bonds. The van der Waals surface area contributed by atoms with E-state index in [1.54, 1.807) is 24.3 Å². The van der Waals surface area contributed by atoms with E-state index in [2.05, 4.69) is 10.3 Å². The van der Waals surface area contributed by atoms with Crippen LogP contribution in [0.2, 0.25) is 0 Å². The van der Waals surface area contributed by atoms with Crippen LogP contribution in [0, 0.1) is 6.92 Å². The summed E-state index contributed by atoms with van der Waals surface area (Å²) in [6.45, 7) is 2.99. The van der Waals surface area contributed by atoms with Crippen LogP contribution in [-0.2, 0) is 10.0 Å². The standard InChI is InChI=1S/C22H23N3O3S2/c1-16-23-20(21(29-16)17-8-4-2-5-9-17)22(26)24-18-10-12-19(13-11-18)30(27,28)25-14-6-3-7-15-25/h2,4-5,8-13H,3,6-7,14-15H2,1H3,(H,24,26). The van der Waals surface area contributed by atoms with Gasteiger partial charge in [0.25, 0.3) is 5.91 Å². The average Bonchev–Trinajstić information content (AvgIpc) is 3.17. The highest BCUT2D eigenvalue weighted by Gasteiger charge is 2.26. The number of carbonyl (C=O) groups is 1. The topological polar surface area (TPSA) is 79.4 Å². The summed E-state index contributed by atoms with van der Waals surface area (Å²) in [7, 11) is -3.49. The van der Waals surface area contributed by atoms with Crippen molar-refractivity contribution in [3.63, 3.8) is 0 Å². The Morgan fingerprint density at radius 2 is 1.67 bits per heavy atom. The Bertz CT molecular complexity index is 1130. The number of nitrogens with zero attached hydrogens (tertiary/aromatic N) is 2. The molecule has 1 aliphatic rings. The number of hydrogen-bond donors (Lipinski definition) is 1. The molecule has 1 fully saturated rings. The first-order valence-corrected chi connectivity index (χ1v) is 12.2. The SMILES string of the molecule is Cc1nc(C(=O)Nc2ccc(S(=O)(=O)N3CCCCC3)cc2)c(-c2ccccc2)s1. The summed E-state index contributed by atoms with van der Waals surface area (Å²) in [4.78, 5) is 18.3. The van der Waals surface area contributed by atoms with E-state index < -0.39 is 10.0 Å². The molecule has 0 saturated carbocycles. The summed E-state index contributed by atoms with van der Waals surface area (Å²) < 4.78 is 27.1. The molecule has 1 aromatic heterocycles. The highest BCUT2D eigenvalue weighted by molar-refractivity contribution is 7.89. The maximum atomic E-state index is 12.9. The number of carbonyl (C=O) groups excluding carboxylic acids is 1. The molecule has 0 unspecified atom stereocenters. The second-order valence-electron chi connectivity index (χ2n) is 7.22. The van der Waals surface area contributed by atoms with Crippen molar-refractivity contribution in [2.24, 2.45) is 0 Å². The normalized spacial score (nSPS) is 15.1. The van der Waals surface area contributed by atoms with Crippen LogP contribution in [0.15, 0.2) is 59.5 Å². The van der Waals surface area contributed by atoms with Gasteiger partial charge in [-0.2, -0.15) is 4.31 Å². The first-order chi connectivity index (χ1) is 14.4. The molecule has 0 radical (unpaired) electrons. The van der Waals surface area contributed by atoms with Crippen molar-refractivity contribution in [2.75, 3.05) is 18.4 Å². The first-order valence-electron chi connectivity index (χ1n) is 9.89. The Labute approximate surface area is 180 Å². The molecule has 0 bridgehead atoms. The van der Waals surface area contributed by atoms with Crippen molar-refractivity contribution in [3.05, 3.63) is 65.3 Å². The van der Waals surface area contributed by atoms with Gasteiger partial charge in [0.1, 0.15) is 5.69 Å². The van der Waals surface area contributed by atoms with Crippen molar-refractivity contribution in [2.45, 2.75) is 31.1 Å². The van der Waals surface area contributed by atoms with Crippen molar-refractivity contribution in [1.29, 1.82) is 0 Å². The van der Waals surface area contributed by atoms with E-state index in [1.165, 1.54) is 15.6 Å². The molecule has 3 aromatic rings. The Morgan fingerprint density at radius 3 is 2.33 bits per heavy atom. The van der Waals surface area contributed by atoms with Crippen molar-refractivity contribution in [1.82, 2.24) is 9.29 Å². The fourth-order valence-corrected chi connectivity index (χ4v) is 5.96. The number of benzene rings is 2. The first kappa shape index (κ1) is 20.7. The van der Waals surface area contributed by atoms with Gasteiger partial charge in [0.05, 0.1) is 14.8 Å². The third kappa shape index (κ3) is 4.30. The summed E-state index contributed by atoms with van der Waals surface area (Å²) in [5.41, 5.74) is 1.84. The molecule has 8 heteroatoms. The van der Waals surface area contributed by atoms with E-state index in [4.69, 9.17) is 0 Å². The van der Waals surface area contributed by atoms with E-state index in [9.17, 15) is 13.2 Å². The molecule has 1 N–H and O–H groups in total. The maximum Gasteiger partial charge on any atom is 0.275 e. The van der Waals surface area contributed by atoms with Crippen LogP contribution in [0.1, 0.15) is 34.8 Å². The fourth-order valence-electron chi connectivity index (χ4n) is 3.52. The van der Waals surface area contributed by atoms with Gasteiger partial charge in [0.15, 0.2) is 0 Å². The number of amides is 1. The van der Waals surface area contributed by atoms with Gasteiger partial charge < -0.3 is 5.32 Å². The van der Waals surface area contributed by atoms with Crippen molar-refractivity contribution < 1.29 is 13.2 Å². The van der Waals surface area contributed by atoms with Gasteiger partial charge >= 0.3 is 0 Å². The van der Waals surface area contributed by atoms with E-state index in [1.807, 2.05) is 37.3 Å². The number of aromatic nitrogens is 1. The summed E-state index contributed by atoms with van der Waals surface area (Å²) in [5, 5.41) is 3.64. The molecule has 0 spiro atoms. The molecule has 2 heterocycles. The molecule has 6 nitrogen and oxygen atoms in total. The van der Waals surface area contributed by atoms with Crippen molar-refractivity contribution >= 4 is 33.0 Å². The minimum Gasteiger partial charge on any atom is -0.321 e. The van der Waals surface area contributed by atoms with Crippen LogP contribution in [-0.4, -0.2) is 36.7 Å². The average molecular weight is 442 g/mol. The highest BCUT2D eigenvalue weighted by Crippen LogP contribution is 2.30. The fraction of sp³-hybridized carbons (Fsp3) is 0.273. The number of anilines is 1. The zero-order valence-corrected chi connectivity index (χ0v) is 18.3. The van der Waals surface area contributed by atoms with Crippen LogP contribution in [0.4, 0.5) is 5.69 Å². The Kier molecular flexibility index (Phi) is 5.99. The number of nitrogens with one attached hydrogen (secondary N) is 1. The van der Waals surface area contributed by atoms with Crippen LogP contribution < -0.4 is 5.32 Å². The van der Waals surface area contributed by atoms with E-state index in [0.717, 1.165) is 34.7 Å². The van der Waals surface area contributed by atoms with Crippen LogP contribution in [0.5, 0.6) is 0 Å². The Morgan fingerprint density at radius 1 is 1.00 bits per heavy atom. The van der Waals surface area contributed by atoms with Crippen LogP contribution >= 0.6 is 11.3 Å². The Hall–Kier alpha value is -2.55. The second kappa shape index (κ2) is 8.67. The smallest absolute Gasteiger partial charge is 0.275 e. The maximum absolute atomic E-state index is 12.9. The summed E-state index contributed by atoms with van der Waals surface area (Å²) in [6.07, 6.45) is 2.85. The molecule has 30 heavy (non-hydrogen) atoms. The minimum absolute atomic E-state index is 0.247. The molecule has 4 rings (SSSR count). The molecule has 156 valence electrons. The number of aryl methyl sites for hydroxylation is 1. The van der Waals surface area contributed by atoms with Gasteiger partial charge in [-0.25, -0.2) is 13.4 Å². The largest absolute Gasteiger partial charge is 0.321 e. The van der Waals surface area contributed by atoms with Gasteiger partial charge in [0, 0.05) is 18.8 Å². The molecular weight excluding hydrogens is 418 g/mol. The Balaban J connectivity index is 1.53. The van der Waals surface area contributed by atoms with Gasteiger partial charge in [-0.1, -0.05) is 36.8 Å². The predicted octanol–water partition coefficient (Wildman–Crippen LogP) is 4.55. The predicted molar refractivity (Wildman–Crippen MR) is 119 cm³/mol. The van der Waals surface area contributed by atoms with Gasteiger partial charge in [-0.3, -0.25) is 4.79 Å². The van der Waals surface area contributed by atoms with E-state index in [0.29, 0.717) is 24.5 Å². The van der Waals surface area contributed by atoms with Gasteiger partial charge in [0.2, 0.25) is 10.0 Å². The van der Waals surface area contributed by atoms with Gasteiger partial charge in [-0.05, 0) is 49.6 Å². The molecule has 2 aromatic carbocycles. The van der Waals surface area contributed by atoms with Crippen LogP contribution in [0.3, 0.4) is 0 Å². The van der Waals surface area contributed by atoms with Crippen LogP contribution in [0.25, 0.3) is 10.4 Å². The number of rotatable bonds is 5. The van der Waals surface area contributed by atoms with E-state index >= 15 is 0 Å². The highest BCUT2D eigenvalue weighted by atomic mass is 32.2. The quantitative estimate of drug-likeness (QED) is 0.630. The zero-order valence-electron chi connectivity index (χ0n) is 16.7. The lowest BCUT2D eigenvalue weighted by molar-refractivity contribution is 0.102. The summed E-state index contributed by atoms with van der Waals surface area (Å²) >= 11 is 1.47. The molecule has 1 aliphatic heterocycles. The summed E-state index contributed by atoms with van der Waals surface area (Å²) in [5.74, 6) is -0.315. The lowest BCUT2D eigenvalue weighted by atomic mass is 10.1. The molecule has 0 aliphatic carbocycles. The third-order valence-electron chi connectivity index (χ3n) is 5.05. The lowest BCUT2D eigenvalue weighted by Crippen LogP contribution is -2.35. The van der Waals surface area contributed by atoms with E-state index in [-0.39, 0.29) is 10.8 Å². The third-order valence-corrected chi connectivity index (χ3v) is 7.98. The lowest BCUT2D eigenvalue weighted by Gasteiger charge is -2.25. The molecule has 1 saturated heterocycles. The monoisotopic (exact) mass is 441 g/mol. The second-order valence-corrected chi connectivity index (χ2v) is 10.4. The molecular formula is C22H23N3O3S2. The summed E-state index contributed by atoms with van der Waals surface area (Å²) in [6, 6.07) is 16.0.